The van der Waals surface area contributed by atoms with Gasteiger partial charge in [-0.15, -0.1) is 11.3 Å². The topological polar surface area (TPSA) is 88.2 Å². The van der Waals surface area contributed by atoms with Crippen LogP contribution in [0.15, 0.2) is 58.8 Å². The van der Waals surface area contributed by atoms with Gasteiger partial charge in [0, 0.05) is 43.6 Å². The standard InChI is InChI=1S/C23H23N3O5S2/c1-16-3-2-4-18(13-16)25-8-10-26(11-9-25)33(28,29)21-7-12-32-22(21)23(27)24-17-5-6-19-20(14-17)31-15-30-19/h2-7,12-14H,8-11,15H2,1H3,(H,24,27). The molecular weight excluding hydrogens is 462 g/mol. The van der Waals surface area contributed by atoms with E-state index >= 15 is 0 Å². The summed E-state index contributed by atoms with van der Waals surface area (Å²) in [6.07, 6.45) is 0. The van der Waals surface area contributed by atoms with E-state index in [1.807, 2.05) is 25.1 Å². The highest BCUT2D eigenvalue weighted by Gasteiger charge is 2.32. The second-order valence-electron chi connectivity index (χ2n) is 7.87. The van der Waals surface area contributed by atoms with E-state index in [1.54, 1.807) is 23.6 Å². The van der Waals surface area contributed by atoms with Gasteiger partial charge in [0.05, 0.1) is 0 Å². The third kappa shape index (κ3) is 4.29. The van der Waals surface area contributed by atoms with Crippen LogP contribution in [0.1, 0.15) is 15.2 Å². The van der Waals surface area contributed by atoms with Crippen molar-refractivity contribution in [2.75, 3.05) is 43.2 Å². The van der Waals surface area contributed by atoms with Crippen LogP contribution >= 0.6 is 11.3 Å². The highest BCUT2D eigenvalue weighted by Crippen LogP contribution is 2.35. The van der Waals surface area contributed by atoms with Gasteiger partial charge in [-0.2, -0.15) is 4.31 Å². The minimum absolute atomic E-state index is 0.0368. The van der Waals surface area contributed by atoms with Crippen molar-refractivity contribution in [3.63, 3.8) is 0 Å². The number of piperazine rings is 1. The summed E-state index contributed by atoms with van der Waals surface area (Å²) in [5.74, 6) is 0.677. The summed E-state index contributed by atoms with van der Waals surface area (Å²) < 4.78 is 38.8. The lowest BCUT2D eigenvalue weighted by molar-refractivity contribution is 0.102. The molecule has 33 heavy (non-hydrogen) atoms. The molecule has 0 bridgehead atoms. The molecule has 1 fully saturated rings. The fourth-order valence-electron chi connectivity index (χ4n) is 3.98. The van der Waals surface area contributed by atoms with Crippen LogP contribution in [0.4, 0.5) is 11.4 Å². The van der Waals surface area contributed by atoms with Crippen molar-refractivity contribution < 1.29 is 22.7 Å². The zero-order chi connectivity index (χ0) is 23.0. The number of hydrogen-bond acceptors (Lipinski definition) is 7. The van der Waals surface area contributed by atoms with Gasteiger partial charge in [0.25, 0.3) is 5.91 Å². The lowest BCUT2D eigenvalue weighted by Crippen LogP contribution is -2.48. The van der Waals surface area contributed by atoms with Crippen LogP contribution in [0.2, 0.25) is 0 Å². The fourth-order valence-corrected chi connectivity index (χ4v) is 6.70. The Morgan fingerprint density at radius 1 is 1.00 bits per heavy atom. The van der Waals surface area contributed by atoms with Gasteiger partial charge in [-0.1, -0.05) is 12.1 Å². The predicted octanol–water partition coefficient (Wildman–Crippen LogP) is 3.55. The molecular formula is C23H23N3O5S2. The minimum Gasteiger partial charge on any atom is -0.454 e. The number of nitrogens with zero attached hydrogens (tertiary/aromatic N) is 2. The third-order valence-corrected chi connectivity index (χ3v) is 8.67. The Morgan fingerprint density at radius 2 is 1.79 bits per heavy atom. The Kier molecular flexibility index (Phi) is 5.73. The molecule has 2 aliphatic heterocycles. The Hall–Kier alpha value is -3.08. The van der Waals surface area contributed by atoms with Gasteiger partial charge in [0.2, 0.25) is 16.8 Å². The molecule has 5 rings (SSSR count). The molecule has 2 aromatic carbocycles. The highest BCUT2D eigenvalue weighted by molar-refractivity contribution is 7.89. The average molecular weight is 486 g/mol. The monoisotopic (exact) mass is 485 g/mol. The molecule has 0 aliphatic carbocycles. The largest absolute Gasteiger partial charge is 0.454 e. The second kappa shape index (κ2) is 8.69. The molecule has 0 atom stereocenters. The van der Waals surface area contributed by atoms with Crippen molar-refractivity contribution in [3.05, 3.63) is 64.4 Å². The maximum atomic E-state index is 13.4. The molecule has 10 heteroatoms. The Bertz CT molecular complexity index is 1300. The van der Waals surface area contributed by atoms with Gasteiger partial charge in [-0.3, -0.25) is 4.79 Å². The van der Waals surface area contributed by atoms with E-state index in [0.29, 0.717) is 43.4 Å². The maximum Gasteiger partial charge on any atom is 0.267 e. The van der Waals surface area contributed by atoms with E-state index in [-0.39, 0.29) is 16.6 Å². The first-order chi connectivity index (χ1) is 15.9. The lowest BCUT2D eigenvalue weighted by atomic mass is 10.2. The number of fused-ring (bicyclic) bond motifs is 1. The van der Waals surface area contributed by atoms with Crippen LogP contribution < -0.4 is 19.7 Å². The van der Waals surface area contributed by atoms with E-state index in [9.17, 15) is 13.2 Å². The summed E-state index contributed by atoms with van der Waals surface area (Å²) in [7, 11) is -3.80. The Balaban J connectivity index is 1.30. The molecule has 1 saturated heterocycles. The van der Waals surface area contributed by atoms with Crippen molar-refractivity contribution in [1.82, 2.24) is 4.31 Å². The number of carbonyl (C=O) groups excluding carboxylic acids is 1. The van der Waals surface area contributed by atoms with Crippen LogP contribution in [0.25, 0.3) is 0 Å². The molecule has 8 nitrogen and oxygen atoms in total. The zero-order valence-corrected chi connectivity index (χ0v) is 19.6. The second-order valence-corrected chi connectivity index (χ2v) is 10.7. The number of amides is 1. The smallest absolute Gasteiger partial charge is 0.267 e. The number of sulfonamides is 1. The molecule has 0 radical (unpaired) electrons. The highest BCUT2D eigenvalue weighted by atomic mass is 32.2. The Labute approximate surface area is 196 Å². The van der Waals surface area contributed by atoms with Gasteiger partial charge in [-0.25, -0.2) is 8.42 Å². The average Bonchev–Trinajstić information content (AvgIpc) is 3.49. The molecule has 3 aromatic rings. The third-order valence-electron chi connectivity index (χ3n) is 5.69. The van der Waals surface area contributed by atoms with Crippen LogP contribution in [0, 0.1) is 6.92 Å². The molecule has 0 unspecified atom stereocenters. The van der Waals surface area contributed by atoms with Crippen molar-refractivity contribution >= 4 is 38.6 Å². The number of nitrogens with one attached hydrogen (secondary N) is 1. The summed E-state index contributed by atoms with van der Waals surface area (Å²) in [6, 6.07) is 14.7. The lowest BCUT2D eigenvalue weighted by Gasteiger charge is -2.35. The maximum absolute atomic E-state index is 13.4. The van der Waals surface area contributed by atoms with Gasteiger partial charge >= 0.3 is 0 Å². The van der Waals surface area contributed by atoms with E-state index in [0.717, 1.165) is 17.0 Å². The van der Waals surface area contributed by atoms with Gasteiger partial charge in [-0.05, 0) is 48.2 Å². The van der Waals surface area contributed by atoms with E-state index in [4.69, 9.17) is 9.47 Å². The first-order valence-corrected chi connectivity index (χ1v) is 12.8. The molecule has 2 aliphatic rings. The predicted molar refractivity (Wildman–Crippen MR) is 127 cm³/mol. The molecule has 1 aromatic heterocycles. The summed E-state index contributed by atoms with van der Waals surface area (Å²) in [6.45, 7) is 4.07. The van der Waals surface area contributed by atoms with Crippen LogP contribution in [0.5, 0.6) is 11.5 Å². The minimum atomic E-state index is -3.80. The molecule has 3 heterocycles. The number of aryl methyl sites for hydroxylation is 1. The molecule has 0 saturated carbocycles. The number of thiophene rings is 1. The zero-order valence-electron chi connectivity index (χ0n) is 18.0. The normalized spacial score (nSPS) is 16.1. The van der Waals surface area contributed by atoms with Crippen molar-refractivity contribution in [1.29, 1.82) is 0 Å². The van der Waals surface area contributed by atoms with E-state index < -0.39 is 15.9 Å². The number of ether oxygens (including phenoxy) is 2. The van der Waals surface area contributed by atoms with Crippen LogP contribution in [-0.4, -0.2) is 51.6 Å². The van der Waals surface area contributed by atoms with E-state index in [2.05, 4.69) is 16.3 Å². The van der Waals surface area contributed by atoms with Gasteiger partial charge in [0.15, 0.2) is 11.5 Å². The summed E-state index contributed by atoms with van der Waals surface area (Å²) >= 11 is 1.11. The number of rotatable bonds is 5. The van der Waals surface area contributed by atoms with Gasteiger partial charge < -0.3 is 19.7 Å². The van der Waals surface area contributed by atoms with Crippen molar-refractivity contribution in [3.8, 4) is 11.5 Å². The summed E-state index contributed by atoms with van der Waals surface area (Å²) in [5, 5.41) is 4.40. The summed E-state index contributed by atoms with van der Waals surface area (Å²) in [5.41, 5.74) is 2.76. The SMILES string of the molecule is Cc1cccc(N2CCN(S(=O)(=O)c3ccsc3C(=O)Nc3ccc4c(c3)OCO4)CC2)c1. The summed E-state index contributed by atoms with van der Waals surface area (Å²) in [4.78, 5) is 15.3. The fraction of sp³-hybridized carbons (Fsp3) is 0.261. The molecule has 172 valence electrons. The molecule has 1 N–H and O–H groups in total. The van der Waals surface area contributed by atoms with Gasteiger partial charge in [0.1, 0.15) is 9.77 Å². The number of carbonyl (C=O) groups is 1. The molecule has 0 spiro atoms. The van der Waals surface area contributed by atoms with Crippen molar-refractivity contribution in [2.24, 2.45) is 0 Å². The number of benzene rings is 2. The van der Waals surface area contributed by atoms with Crippen LogP contribution in [0.3, 0.4) is 0 Å². The molecule has 1 amide bonds. The van der Waals surface area contributed by atoms with E-state index in [1.165, 1.54) is 15.9 Å². The van der Waals surface area contributed by atoms with Crippen molar-refractivity contribution in [2.45, 2.75) is 11.8 Å². The number of anilines is 2. The van der Waals surface area contributed by atoms with Crippen LogP contribution in [-0.2, 0) is 10.0 Å². The quantitative estimate of drug-likeness (QED) is 0.595. The number of hydrogen-bond donors (Lipinski definition) is 1. The Morgan fingerprint density at radius 3 is 2.58 bits per heavy atom. The first kappa shape index (κ1) is 21.7. The first-order valence-electron chi connectivity index (χ1n) is 10.5.